The van der Waals surface area contributed by atoms with Crippen LogP contribution in [0, 0.1) is 0 Å². The zero-order valence-corrected chi connectivity index (χ0v) is 16.9. The summed E-state index contributed by atoms with van der Waals surface area (Å²) in [7, 11) is 3.35. The molecule has 1 aliphatic heterocycles. The third-order valence-electron chi connectivity index (χ3n) is 4.76. The highest BCUT2D eigenvalue weighted by Crippen LogP contribution is 2.30. The van der Waals surface area contributed by atoms with Crippen LogP contribution in [-0.4, -0.2) is 62.0 Å². The largest absolute Gasteiger partial charge is 0.497 e. The third-order valence-corrected chi connectivity index (χ3v) is 4.76. The number of hydrogen-bond acceptors (Lipinski definition) is 5. The Morgan fingerprint density at radius 2 is 2.04 bits per heavy atom. The molecule has 1 aromatic heterocycles. The summed E-state index contributed by atoms with van der Waals surface area (Å²) in [5.74, 6) is 2.47. The lowest BCUT2D eigenvalue weighted by Gasteiger charge is -2.21. The maximum atomic E-state index is 5.40. The van der Waals surface area contributed by atoms with Gasteiger partial charge in [0.1, 0.15) is 11.5 Å². The number of anilines is 1. The van der Waals surface area contributed by atoms with Crippen molar-refractivity contribution in [3.8, 4) is 11.5 Å². The fraction of sp³-hybridized carbons (Fsp3) is 0.500. The molecule has 152 valence electrons. The quantitative estimate of drug-likeness (QED) is 0.532. The molecule has 8 heteroatoms. The molecule has 28 heavy (non-hydrogen) atoms. The van der Waals surface area contributed by atoms with Crippen molar-refractivity contribution >= 4 is 11.6 Å². The van der Waals surface area contributed by atoms with Crippen LogP contribution in [0.4, 0.5) is 5.69 Å². The van der Waals surface area contributed by atoms with E-state index in [0.717, 1.165) is 55.7 Å². The minimum Gasteiger partial charge on any atom is -0.497 e. The van der Waals surface area contributed by atoms with E-state index in [1.807, 2.05) is 23.2 Å². The van der Waals surface area contributed by atoms with Gasteiger partial charge in [0, 0.05) is 68.5 Å². The Labute approximate surface area is 166 Å². The fourth-order valence-corrected chi connectivity index (χ4v) is 3.30. The molecule has 0 aliphatic carbocycles. The van der Waals surface area contributed by atoms with Crippen molar-refractivity contribution < 1.29 is 9.47 Å². The second-order valence-electron chi connectivity index (χ2n) is 6.71. The van der Waals surface area contributed by atoms with Crippen molar-refractivity contribution in [3.05, 3.63) is 36.9 Å². The first-order valence-electron chi connectivity index (χ1n) is 9.70. The lowest BCUT2D eigenvalue weighted by atomic mass is 10.2. The number of imidazole rings is 1. The van der Waals surface area contributed by atoms with E-state index in [1.54, 1.807) is 20.4 Å². The summed E-state index contributed by atoms with van der Waals surface area (Å²) in [5.41, 5.74) is 1.11. The number of ether oxygens (including phenoxy) is 2. The summed E-state index contributed by atoms with van der Waals surface area (Å²) >= 11 is 0. The molecule has 1 unspecified atom stereocenters. The van der Waals surface area contributed by atoms with Crippen LogP contribution in [0.5, 0.6) is 11.5 Å². The molecular weight excluding hydrogens is 356 g/mol. The highest BCUT2D eigenvalue weighted by atomic mass is 16.5. The number of methoxy groups -OCH3 is 2. The number of nitrogens with zero attached hydrogens (tertiary/aromatic N) is 4. The zero-order valence-electron chi connectivity index (χ0n) is 16.9. The highest BCUT2D eigenvalue weighted by Gasteiger charge is 2.24. The van der Waals surface area contributed by atoms with Crippen LogP contribution in [0.1, 0.15) is 13.3 Å². The molecule has 2 aromatic rings. The van der Waals surface area contributed by atoms with Gasteiger partial charge in [-0.2, -0.15) is 0 Å². The van der Waals surface area contributed by atoms with Gasteiger partial charge in [-0.1, -0.05) is 0 Å². The monoisotopic (exact) mass is 386 g/mol. The lowest BCUT2D eigenvalue weighted by molar-refractivity contribution is 0.394. The maximum Gasteiger partial charge on any atom is 0.191 e. The smallest absolute Gasteiger partial charge is 0.191 e. The standard InChI is InChI=1S/C20H30N6O2/c1-4-22-20(23-7-10-25-9-6-21-15-25)24-16-5-8-26(14-16)17-11-18(27-2)13-19(12-17)28-3/h6,9,11-13,15-16H,4-5,7-8,10,14H2,1-3H3,(H2,22,23,24). The molecule has 0 radical (unpaired) electrons. The molecule has 1 aliphatic rings. The van der Waals surface area contributed by atoms with Crippen LogP contribution in [0.3, 0.4) is 0 Å². The van der Waals surface area contributed by atoms with E-state index in [1.165, 1.54) is 0 Å². The van der Waals surface area contributed by atoms with Gasteiger partial charge in [0.2, 0.25) is 0 Å². The summed E-state index contributed by atoms with van der Waals surface area (Å²) in [4.78, 5) is 11.1. The predicted molar refractivity (Wildman–Crippen MR) is 112 cm³/mol. The Morgan fingerprint density at radius 3 is 2.68 bits per heavy atom. The Balaban J connectivity index is 1.58. The van der Waals surface area contributed by atoms with Gasteiger partial charge in [-0.3, -0.25) is 4.99 Å². The van der Waals surface area contributed by atoms with E-state index in [-0.39, 0.29) is 0 Å². The molecule has 1 fully saturated rings. The summed E-state index contributed by atoms with van der Waals surface area (Å²) in [6.45, 7) is 6.31. The van der Waals surface area contributed by atoms with Crippen LogP contribution in [0.15, 0.2) is 41.9 Å². The van der Waals surface area contributed by atoms with Crippen LogP contribution in [0.25, 0.3) is 0 Å². The van der Waals surface area contributed by atoms with E-state index in [9.17, 15) is 0 Å². The summed E-state index contributed by atoms with van der Waals surface area (Å²) in [6.07, 6.45) is 6.60. The number of hydrogen-bond donors (Lipinski definition) is 2. The average molecular weight is 387 g/mol. The highest BCUT2D eigenvalue weighted by molar-refractivity contribution is 5.80. The van der Waals surface area contributed by atoms with Crippen molar-refractivity contribution in [1.29, 1.82) is 0 Å². The van der Waals surface area contributed by atoms with E-state index in [2.05, 4.69) is 39.6 Å². The van der Waals surface area contributed by atoms with E-state index >= 15 is 0 Å². The number of nitrogens with one attached hydrogen (secondary N) is 2. The summed E-state index contributed by atoms with van der Waals surface area (Å²) in [6, 6.07) is 6.33. The normalized spacial score (nSPS) is 16.9. The molecule has 0 bridgehead atoms. The average Bonchev–Trinajstić information content (AvgIpc) is 3.40. The molecule has 1 atom stereocenters. The third kappa shape index (κ3) is 5.31. The number of rotatable bonds is 8. The second kappa shape index (κ2) is 9.87. The fourth-order valence-electron chi connectivity index (χ4n) is 3.30. The SMILES string of the molecule is CCNC(=NCCn1ccnc1)NC1CCN(c2cc(OC)cc(OC)c2)C1. The molecule has 2 heterocycles. The van der Waals surface area contributed by atoms with E-state index < -0.39 is 0 Å². The van der Waals surface area contributed by atoms with Gasteiger partial charge < -0.3 is 29.6 Å². The van der Waals surface area contributed by atoms with E-state index in [4.69, 9.17) is 14.5 Å². The maximum absolute atomic E-state index is 5.40. The molecule has 3 rings (SSSR count). The molecule has 1 saturated heterocycles. The zero-order chi connectivity index (χ0) is 19.8. The summed E-state index contributed by atoms with van der Waals surface area (Å²) < 4.78 is 12.8. The Hall–Kier alpha value is -2.90. The molecule has 0 saturated carbocycles. The van der Waals surface area contributed by atoms with Crippen molar-refractivity contribution in [2.24, 2.45) is 4.99 Å². The first-order valence-corrected chi connectivity index (χ1v) is 9.70. The van der Waals surface area contributed by atoms with Gasteiger partial charge >= 0.3 is 0 Å². The topological polar surface area (TPSA) is 75.9 Å². The van der Waals surface area contributed by atoms with Crippen molar-refractivity contribution in [1.82, 2.24) is 20.2 Å². The molecule has 2 N–H and O–H groups in total. The number of benzene rings is 1. The van der Waals surface area contributed by atoms with Crippen molar-refractivity contribution in [3.63, 3.8) is 0 Å². The molecule has 0 amide bonds. The van der Waals surface area contributed by atoms with Crippen LogP contribution in [-0.2, 0) is 6.54 Å². The second-order valence-corrected chi connectivity index (χ2v) is 6.71. The van der Waals surface area contributed by atoms with Gasteiger partial charge in [-0.25, -0.2) is 4.98 Å². The predicted octanol–water partition coefficient (Wildman–Crippen LogP) is 1.73. The van der Waals surface area contributed by atoms with Gasteiger partial charge in [-0.15, -0.1) is 0 Å². The van der Waals surface area contributed by atoms with Gasteiger partial charge in [0.05, 0.1) is 27.1 Å². The lowest BCUT2D eigenvalue weighted by Crippen LogP contribution is -2.44. The van der Waals surface area contributed by atoms with Gasteiger partial charge in [0.25, 0.3) is 0 Å². The number of aliphatic imine (C=N–C) groups is 1. The van der Waals surface area contributed by atoms with E-state index in [0.29, 0.717) is 12.6 Å². The minimum atomic E-state index is 0.336. The van der Waals surface area contributed by atoms with Gasteiger partial charge in [0.15, 0.2) is 5.96 Å². The van der Waals surface area contributed by atoms with Crippen molar-refractivity contribution in [2.75, 3.05) is 45.3 Å². The Morgan fingerprint density at radius 1 is 1.25 bits per heavy atom. The molecular formula is C20H30N6O2. The Kier molecular flexibility index (Phi) is 7.00. The first kappa shape index (κ1) is 19.9. The molecule has 0 spiro atoms. The number of guanidine groups is 1. The van der Waals surface area contributed by atoms with Crippen molar-refractivity contribution in [2.45, 2.75) is 25.9 Å². The number of aromatic nitrogens is 2. The molecule has 8 nitrogen and oxygen atoms in total. The molecule has 1 aromatic carbocycles. The Bertz CT molecular complexity index is 740. The van der Waals surface area contributed by atoms with Crippen LogP contribution < -0.4 is 25.0 Å². The van der Waals surface area contributed by atoms with Crippen LogP contribution >= 0.6 is 0 Å². The minimum absolute atomic E-state index is 0.336. The summed E-state index contributed by atoms with van der Waals surface area (Å²) in [5, 5.41) is 6.90. The van der Waals surface area contributed by atoms with Gasteiger partial charge in [-0.05, 0) is 13.3 Å². The first-order chi connectivity index (χ1) is 13.7. The van der Waals surface area contributed by atoms with Crippen LogP contribution in [0.2, 0.25) is 0 Å².